The molecule has 0 saturated heterocycles. The maximum atomic E-state index is 14.0. The molecule has 1 atom stereocenters. The topological polar surface area (TPSA) is 32.3 Å². The first-order valence-electron chi connectivity index (χ1n) is 8.07. The van der Waals surface area contributed by atoms with E-state index in [-0.39, 0.29) is 6.04 Å². The van der Waals surface area contributed by atoms with Gasteiger partial charge in [-0.25, -0.2) is 0 Å². The average Bonchev–Trinajstić information content (AvgIpc) is 2.55. The van der Waals surface area contributed by atoms with Gasteiger partial charge in [0.05, 0.1) is 0 Å². The minimum atomic E-state index is -2.87. The summed E-state index contributed by atoms with van der Waals surface area (Å²) >= 11 is 0. The summed E-state index contributed by atoms with van der Waals surface area (Å²) in [6.07, 6.45) is 0. The minimum Gasteiger partial charge on any atom is -0.308 e. The maximum Gasteiger partial charge on any atom is 0.204 e. The van der Waals surface area contributed by atoms with Gasteiger partial charge in [0.25, 0.3) is 0 Å². The van der Waals surface area contributed by atoms with Crippen molar-refractivity contribution in [2.75, 3.05) is 20.6 Å². The lowest BCUT2D eigenvalue weighted by Gasteiger charge is -2.31. The molecule has 0 bridgehead atoms. The molecule has 2 aromatic carbocycles. The Morgan fingerprint density at radius 2 is 1.35 bits per heavy atom. The van der Waals surface area contributed by atoms with Crippen molar-refractivity contribution in [2.24, 2.45) is 5.92 Å². The van der Waals surface area contributed by atoms with Gasteiger partial charge in [-0.3, -0.25) is 9.65 Å². The minimum absolute atomic E-state index is 0.149. The van der Waals surface area contributed by atoms with Gasteiger partial charge >= 0.3 is 0 Å². The number of benzene rings is 2. The third kappa shape index (κ3) is 4.54. The van der Waals surface area contributed by atoms with Gasteiger partial charge < -0.3 is 4.90 Å². The molecule has 0 aliphatic heterocycles. The number of hydrogen-bond donors (Lipinski definition) is 1. The molecule has 0 aliphatic rings. The van der Waals surface area contributed by atoms with E-state index >= 15 is 0 Å². The van der Waals surface area contributed by atoms with E-state index < -0.39 is 7.29 Å². The molecule has 4 heteroatoms. The number of nitrogens with zero attached hydrogens (tertiary/aromatic N) is 1. The second-order valence-corrected chi connectivity index (χ2v) is 9.03. The second kappa shape index (κ2) is 7.92. The lowest BCUT2D eigenvalue weighted by atomic mass is 10.1. The van der Waals surface area contributed by atoms with Crippen LogP contribution in [0.25, 0.3) is 0 Å². The van der Waals surface area contributed by atoms with Gasteiger partial charge in [0.1, 0.15) is 0 Å². The summed E-state index contributed by atoms with van der Waals surface area (Å²) in [7, 11) is 1.23. The van der Waals surface area contributed by atoms with Crippen LogP contribution in [0.5, 0.6) is 0 Å². The van der Waals surface area contributed by atoms with Crippen molar-refractivity contribution >= 4 is 17.9 Å². The van der Waals surface area contributed by atoms with Gasteiger partial charge in [0.15, 0.2) is 0 Å². The Kier molecular flexibility index (Phi) is 6.17. The molecule has 0 radical (unpaired) electrons. The lowest BCUT2D eigenvalue weighted by molar-refractivity contribution is 0.315. The zero-order valence-electron chi connectivity index (χ0n) is 14.4. The number of rotatable bonds is 7. The molecule has 23 heavy (non-hydrogen) atoms. The summed E-state index contributed by atoms with van der Waals surface area (Å²) in [5.74, 6) is 0.387. The quantitative estimate of drug-likeness (QED) is 0.792. The van der Waals surface area contributed by atoms with E-state index in [0.29, 0.717) is 5.92 Å². The first-order chi connectivity index (χ1) is 10.9. The van der Waals surface area contributed by atoms with Crippen LogP contribution >= 0.6 is 7.29 Å². The molecule has 3 nitrogen and oxygen atoms in total. The predicted octanol–water partition coefficient (Wildman–Crippen LogP) is 3.09. The summed E-state index contributed by atoms with van der Waals surface area (Å²) in [6, 6.07) is 19.7. The highest BCUT2D eigenvalue weighted by molar-refractivity contribution is 7.76. The largest absolute Gasteiger partial charge is 0.308 e. The fourth-order valence-corrected chi connectivity index (χ4v) is 5.23. The van der Waals surface area contributed by atoms with Gasteiger partial charge in [0.2, 0.25) is 7.29 Å². The third-order valence-corrected chi connectivity index (χ3v) is 6.70. The molecular weight excluding hydrogens is 303 g/mol. The van der Waals surface area contributed by atoms with Crippen LogP contribution in [-0.2, 0) is 4.57 Å². The molecule has 1 N–H and O–H groups in total. The molecule has 0 fully saturated rings. The van der Waals surface area contributed by atoms with E-state index in [4.69, 9.17) is 0 Å². The van der Waals surface area contributed by atoms with E-state index in [2.05, 4.69) is 23.8 Å². The van der Waals surface area contributed by atoms with Crippen LogP contribution in [-0.4, -0.2) is 31.6 Å². The van der Waals surface area contributed by atoms with E-state index in [9.17, 15) is 4.57 Å². The summed E-state index contributed by atoms with van der Waals surface area (Å²) < 4.78 is 14.0. The monoisotopic (exact) mass is 330 g/mol. The predicted molar refractivity (Wildman–Crippen MR) is 100 cm³/mol. The molecule has 0 spiro atoms. The molecule has 0 unspecified atom stereocenters. The van der Waals surface area contributed by atoms with Gasteiger partial charge in [0, 0.05) is 23.2 Å². The van der Waals surface area contributed by atoms with Gasteiger partial charge in [-0.05, 0) is 44.3 Å². The number of hydrogen-bond acceptors (Lipinski definition) is 2. The van der Waals surface area contributed by atoms with Crippen LogP contribution in [0.15, 0.2) is 60.7 Å². The van der Waals surface area contributed by atoms with Crippen molar-refractivity contribution in [2.45, 2.75) is 19.9 Å². The van der Waals surface area contributed by atoms with E-state index in [1.165, 1.54) is 0 Å². The van der Waals surface area contributed by atoms with Crippen LogP contribution in [0.1, 0.15) is 13.8 Å². The molecule has 0 amide bonds. The molecule has 2 aromatic rings. The molecule has 2 rings (SSSR count). The highest BCUT2D eigenvalue weighted by Gasteiger charge is 2.31. The van der Waals surface area contributed by atoms with Crippen LogP contribution in [0.2, 0.25) is 0 Å². The number of likely N-dealkylation sites (N-methyl/N-ethyl adjacent to an activating group) is 1. The zero-order valence-corrected chi connectivity index (χ0v) is 15.3. The van der Waals surface area contributed by atoms with Crippen molar-refractivity contribution in [3.63, 3.8) is 0 Å². The Balaban J connectivity index is 2.44. The van der Waals surface area contributed by atoms with Gasteiger partial charge in [-0.2, -0.15) is 0 Å². The molecule has 0 heterocycles. The smallest absolute Gasteiger partial charge is 0.204 e. The molecule has 0 aliphatic carbocycles. The second-order valence-electron chi connectivity index (χ2n) is 6.52. The van der Waals surface area contributed by atoms with Crippen molar-refractivity contribution in [1.82, 2.24) is 9.99 Å². The van der Waals surface area contributed by atoms with Crippen molar-refractivity contribution in [1.29, 1.82) is 0 Å². The summed E-state index contributed by atoms with van der Waals surface area (Å²) in [6.45, 7) is 5.18. The first-order valence-corrected chi connectivity index (χ1v) is 9.78. The lowest BCUT2D eigenvalue weighted by Crippen LogP contribution is -2.44. The van der Waals surface area contributed by atoms with E-state index in [1.54, 1.807) is 0 Å². The number of nitrogens with one attached hydrogen (secondary N) is 1. The highest BCUT2D eigenvalue weighted by Crippen LogP contribution is 2.40. The standard InChI is InChI=1S/C19H27N2OP/c1-16(2)19(15-21(3)4)20-23(22,17-11-7-5-8-12-17)18-13-9-6-10-14-18/h5-14,16,19H,15H2,1-4H3,(H,20,22)/t19-/m1/s1. The molecule has 0 aromatic heterocycles. The third-order valence-electron chi connectivity index (χ3n) is 3.95. The Hall–Kier alpha value is -1.41. The molecular formula is C19H27N2OP. The van der Waals surface area contributed by atoms with Crippen LogP contribution < -0.4 is 15.7 Å². The Bertz CT molecular complexity index is 597. The molecule has 124 valence electrons. The van der Waals surface area contributed by atoms with Crippen LogP contribution in [0.3, 0.4) is 0 Å². The first kappa shape index (κ1) is 17.9. The SMILES string of the molecule is CC(C)[C@@H](CN(C)C)NP(=O)(c1ccccc1)c1ccccc1. The van der Waals surface area contributed by atoms with Gasteiger partial charge in [-0.15, -0.1) is 0 Å². The summed E-state index contributed by atoms with van der Waals surface area (Å²) in [4.78, 5) is 2.14. The molecule has 0 saturated carbocycles. The highest BCUT2D eigenvalue weighted by atomic mass is 31.2. The summed E-state index contributed by atoms with van der Waals surface area (Å²) in [5.41, 5.74) is 0. The van der Waals surface area contributed by atoms with Crippen molar-refractivity contribution < 1.29 is 4.57 Å². The van der Waals surface area contributed by atoms with E-state index in [0.717, 1.165) is 17.2 Å². The zero-order chi connectivity index (χ0) is 16.9. The van der Waals surface area contributed by atoms with Crippen molar-refractivity contribution in [3.05, 3.63) is 60.7 Å². The Morgan fingerprint density at radius 3 is 1.70 bits per heavy atom. The van der Waals surface area contributed by atoms with Crippen LogP contribution in [0, 0.1) is 5.92 Å². The normalized spacial score (nSPS) is 13.5. The fraction of sp³-hybridized carbons (Fsp3) is 0.368. The van der Waals surface area contributed by atoms with Crippen LogP contribution in [0.4, 0.5) is 0 Å². The average molecular weight is 330 g/mol. The summed E-state index contributed by atoms with van der Waals surface area (Å²) in [5, 5.41) is 5.22. The van der Waals surface area contributed by atoms with E-state index in [1.807, 2.05) is 74.8 Å². The Morgan fingerprint density at radius 1 is 0.913 bits per heavy atom. The maximum absolute atomic E-state index is 14.0. The van der Waals surface area contributed by atoms with Gasteiger partial charge in [-0.1, -0.05) is 50.2 Å². The van der Waals surface area contributed by atoms with Crippen molar-refractivity contribution in [3.8, 4) is 0 Å². The fourth-order valence-electron chi connectivity index (χ4n) is 2.60. The Labute approximate surface area is 140 Å².